The van der Waals surface area contributed by atoms with Crippen LogP contribution in [-0.2, 0) is 4.79 Å². The molecule has 0 unspecified atom stereocenters. The Morgan fingerprint density at radius 1 is 1.36 bits per heavy atom. The third-order valence-corrected chi connectivity index (χ3v) is 5.47. The van der Waals surface area contributed by atoms with Gasteiger partial charge in [-0.2, -0.15) is 0 Å². The molecule has 0 atom stereocenters. The number of hydrogen-bond acceptors (Lipinski definition) is 4. The molecule has 1 amide bonds. The van der Waals surface area contributed by atoms with Gasteiger partial charge in [0.05, 0.1) is 12.1 Å². The van der Waals surface area contributed by atoms with Crippen LogP contribution in [0.5, 0.6) is 0 Å². The molecule has 0 radical (unpaired) electrons. The molecule has 6 heteroatoms. The lowest BCUT2D eigenvalue weighted by molar-refractivity contribution is -0.122. The van der Waals surface area contributed by atoms with Gasteiger partial charge in [0.15, 0.2) is 0 Å². The summed E-state index contributed by atoms with van der Waals surface area (Å²) in [4.78, 5) is 20.6. The van der Waals surface area contributed by atoms with Gasteiger partial charge in [-0.15, -0.1) is 0 Å². The second kappa shape index (κ2) is 8.15. The number of nitrogens with zero attached hydrogens (tertiary/aromatic N) is 3. The molecule has 2 aromatic rings. The first-order chi connectivity index (χ1) is 12.1. The van der Waals surface area contributed by atoms with Crippen molar-refractivity contribution in [3.63, 3.8) is 0 Å². The number of likely N-dealkylation sites (N-methyl/N-ethyl adjacent to an activating group) is 1. The van der Waals surface area contributed by atoms with E-state index < -0.39 is 0 Å². The standard InChI is InChI=1S/C19H25BrN4O/c1-21-19(25)13-24-9-6-14(7-10-24)12-23(2)18-5-8-22-17-11-15(20)3-4-16(17)18/h3-5,8,11,14H,6-7,9-10,12-13H2,1-2H3,(H,21,25). The number of aromatic nitrogens is 1. The van der Waals surface area contributed by atoms with Gasteiger partial charge >= 0.3 is 0 Å². The monoisotopic (exact) mass is 404 g/mol. The zero-order valence-corrected chi connectivity index (χ0v) is 16.4. The van der Waals surface area contributed by atoms with Crippen molar-refractivity contribution < 1.29 is 4.79 Å². The van der Waals surface area contributed by atoms with Crippen LogP contribution in [0.4, 0.5) is 5.69 Å². The molecule has 0 saturated carbocycles. The Hall–Kier alpha value is -1.66. The Morgan fingerprint density at radius 3 is 2.84 bits per heavy atom. The van der Waals surface area contributed by atoms with Crippen molar-refractivity contribution >= 4 is 38.4 Å². The van der Waals surface area contributed by atoms with Gasteiger partial charge < -0.3 is 10.2 Å². The Morgan fingerprint density at radius 2 is 2.12 bits per heavy atom. The van der Waals surface area contributed by atoms with Crippen LogP contribution >= 0.6 is 15.9 Å². The van der Waals surface area contributed by atoms with Crippen molar-refractivity contribution in [2.24, 2.45) is 5.92 Å². The molecule has 5 nitrogen and oxygen atoms in total. The summed E-state index contributed by atoms with van der Waals surface area (Å²) in [7, 11) is 3.86. The van der Waals surface area contributed by atoms with Gasteiger partial charge in [-0.25, -0.2) is 0 Å². The van der Waals surface area contributed by atoms with Crippen LogP contribution in [0.15, 0.2) is 34.9 Å². The van der Waals surface area contributed by atoms with E-state index in [2.05, 4.69) is 67.3 Å². The average Bonchev–Trinajstić information content (AvgIpc) is 2.62. The number of likely N-dealkylation sites (tertiary alicyclic amines) is 1. The summed E-state index contributed by atoms with van der Waals surface area (Å²) in [6.07, 6.45) is 4.15. The lowest BCUT2D eigenvalue weighted by atomic mass is 9.96. The third-order valence-electron chi connectivity index (χ3n) is 4.98. The molecule has 1 aromatic carbocycles. The molecule has 0 spiro atoms. The lowest BCUT2D eigenvalue weighted by Gasteiger charge is -2.34. The van der Waals surface area contributed by atoms with Crippen molar-refractivity contribution in [1.82, 2.24) is 15.2 Å². The fourth-order valence-electron chi connectivity index (χ4n) is 3.53. The van der Waals surface area contributed by atoms with E-state index >= 15 is 0 Å². The van der Waals surface area contributed by atoms with Crippen LogP contribution in [0.1, 0.15) is 12.8 Å². The number of pyridine rings is 1. The Labute approximate surface area is 157 Å². The highest BCUT2D eigenvalue weighted by Crippen LogP contribution is 2.28. The van der Waals surface area contributed by atoms with Gasteiger partial charge in [0.1, 0.15) is 0 Å². The number of rotatable bonds is 5. The predicted octanol–water partition coefficient (Wildman–Crippen LogP) is 2.89. The van der Waals surface area contributed by atoms with Crippen molar-refractivity contribution in [2.45, 2.75) is 12.8 Å². The van der Waals surface area contributed by atoms with Crippen molar-refractivity contribution in [2.75, 3.05) is 45.2 Å². The van der Waals surface area contributed by atoms with E-state index in [4.69, 9.17) is 0 Å². The third kappa shape index (κ3) is 4.50. The zero-order chi connectivity index (χ0) is 17.8. The quantitative estimate of drug-likeness (QED) is 0.831. The number of anilines is 1. The van der Waals surface area contributed by atoms with E-state index in [0.29, 0.717) is 12.5 Å². The molecular weight excluding hydrogens is 380 g/mol. The smallest absolute Gasteiger partial charge is 0.233 e. The summed E-state index contributed by atoms with van der Waals surface area (Å²) in [5.41, 5.74) is 2.24. The normalized spacial score (nSPS) is 16.1. The van der Waals surface area contributed by atoms with Crippen molar-refractivity contribution in [3.8, 4) is 0 Å². The van der Waals surface area contributed by atoms with Crippen molar-refractivity contribution in [1.29, 1.82) is 0 Å². The zero-order valence-electron chi connectivity index (χ0n) is 14.8. The number of piperidine rings is 1. The fourth-order valence-corrected chi connectivity index (χ4v) is 3.88. The minimum absolute atomic E-state index is 0.102. The summed E-state index contributed by atoms with van der Waals surface area (Å²) < 4.78 is 1.05. The lowest BCUT2D eigenvalue weighted by Crippen LogP contribution is -2.42. The van der Waals surface area contributed by atoms with E-state index in [-0.39, 0.29) is 5.91 Å². The molecule has 134 valence electrons. The first-order valence-corrected chi connectivity index (χ1v) is 9.54. The summed E-state index contributed by atoms with van der Waals surface area (Å²) in [6, 6.07) is 8.35. The number of carbonyl (C=O) groups is 1. The van der Waals surface area contributed by atoms with Gasteiger partial charge in [-0.05, 0) is 56.1 Å². The van der Waals surface area contributed by atoms with Gasteiger partial charge in [0.25, 0.3) is 0 Å². The van der Waals surface area contributed by atoms with Crippen LogP contribution in [0.25, 0.3) is 10.9 Å². The maximum atomic E-state index is 11.5. The molecule has 1 aromatic heterocycles. The Kier molecular flexibility index (Phi) is 5.91. The highest BCUT2D eigenvalue weighted by atomic mass is 79.9. The number of nitrogens with one attached hydrogen (secondary N) is 1. The second-order valence-corrected chi connectivity index (χ2v) is 7.68. The van der Waals surface area contributed by atoms with Crippen LogP contribution in [0, 0.1) is 5.92 Å². The Bertz CT molecular complexity index is 743. The average molecular weight is 405 g/mol. The molecule has 2 heterocycles. The van der Waals surface area contributed by atoms with E-state index in [0.717, 1.165) is 42.5 Å². The van der Waals surface area contributed by atoms with Gasteiger partial charge in [0.2, 0.25) is 5.91 Å². The topological polar surface area (TPSA) is 48.5 Å². The molecule has 1 saturated heterocycles. The fraction of sp³-hybridized carbons (Fsp3) is 0.474. The maximum absolute atomic E-state index is 11.5. The molecule has 1 fully saturated rings. The number of hydrogen-bond donors (Lipinski definition) is 1. The molecule has 25 heavy (non-hydrogen) atoms. The van der Waals surface area contributed by atoms with E-state index in [9.17, 15) is 4.79 Å². The number of carbonyl (C=O) groups excluding carboxylic acids is 1. The van der Waals surface area contributed by atoms with E-state index in [1.165, 1.54) is 11.1 Å². The van der Waals surface area contributed by atoms with Gasteiger partial charge in [0, 0.05) is 42.4 Å². The first kappa shape index (κ1) is 18.1. The molecule has 0 bridgehead atoms. The predicted molar refractivity (Wildman–Crippen MR) is 106 cm³/mol. The Balaban J connectivity index is 1.62. The summed E-state index contributed by atoms with van der Waals surface area (Å²) >= 11 is 3.51. The maximum Gasteiger partial charge on any atom is 0.233 e. The molecule has 1 aliphatic rings. The number of fused-ring (bicyclic) bond motifs is 1. The summed E-state index contributed by atoms with van der Waals surface area (Å²) in [5.74, 6) is 0.759. The SMILES string of the molecule is CNC(=O)CN1CCC(CN(C)c2ccnc3cc(Br)ccc23)CC1. The molecular formula is C19H25BrN4O. The molecule has 1 aliphatic heterocycles. The largest absolute Gasteiger partial charge is 0.374 e. The summed E-state index contributed by atoms with van der Waals surface area (Å²) in [5, 5.41) is 3.89. The van der Waals surface area contributed by atoms with Crippen LogP contribution < -0.4 is 10.2 Å². The molecule has 3 rings (SSSR count). The molecule has 1 N–H and O–H groups in total. The number of halogens is 1. The first-order valence-electron chi connectivity index (χ1n) is 8.75. The van der Waals surface area contributed by atoms with E-state index in [1.54, 1.807) is 7.05 Å². The van der Waals surface area contributed by atoms with Crippen LogP contribution in [0.3, 0.4) is 0 Å². The second-order valence-electron chi connectivity index (χ2n) is 6.76. The van der Waals surface area contributed by atoms with Gasteiger partial charge in [-0.1, -0.05) is 15.9 Å². The van der Waals surface area contributed by atoms with Gasteiger partial charge in [-0.3, -0.25) is 14.7 Å². The highest BCUT2D eigenvalue weighted by molar-refractivity contribution is 9.10. The molecule has 0 aliphatic carbocycles. The number of benzene rings is 1. The van der Waals surface area contributed by atoms with Crippen LogP contribution in [-0.4, -0.2) is 56.1 Å². The van der Waals surface area contributed by atoms with Crippen molar-refractivity contribution in [3.05, 3.63) is 34.9 Å². The number of amides is 1. The van der Waals surface area contributed by atoms with Crippen LogP contribution in [0.2, 0.25) is 0 Å². The minimum Gasteiger partial charge on any atom is -0.374 e. The minimum atomic E-state index is 0.102. The highest BCUT2D eigenvalue weighted by Gasteiger charge is 2.22. The summed E-state index contributed by atoms with van der Waals surface area (Å²) in [6.45, 7) is 3.54. The van der Waals surface area contributed by atoms with E-state index in [1.807, 2.05) is 6.20 Å².